The molecule has 0 aliphatic carbocycles. The Morgan fingerprint density at radius 2 is 2.10 bits per heavy atom. The molecule has 2 aromatic rings. The van der Waals surface area contributed by atoms with Gasteiger partial charge in [-0.3, -0.25) is 4.79 Å². The van der Waals surface area contributed by atoms with E-state index in [0.717, 1.165) is 5.56 Å². The minimum Gasteiger partial charge on any atom is -0.397 e. The molecular formula is C14H15ClN4OS. The van der Waals surface area contributed by atoms with Gasteiger partial charge in [0.25, 0.3) is 0 Å². The fourth-order valence-corrected chi connectivity index (χ4v) is 2.44. The molecule has 0 atom stereocenters. The van der Waals surface area contributed by atoms with Crippen LogP contribution in [0.3, 0.4) is 0 Å². The summed E-state index contributed by atoms with van der Waals surface area (Å²) in [5.74, 6) is 0.471. The topological polar surface area (TPSA) is 80.9 Å². The van der Waals surface area contributed by atoms with Crippen molar-refractivity contribution in [3.63, 3.8) is 0 Å². The van der Waals surface area contributed by atoms with Gasteiger partial charge in [-0.05, 0) is 30.7 Å². The molecule has 0 aliphatic heterocycles. The van der Waals surface area contributed by atoms with Crippen molar-refractivity contribution in [1.82, 2.24) is 9.97 Å². The third kappa shape index (κ3) is 4.91. The van der Waals surface area contributed by atoms with Gasteiger partial charge in [0, 0.05) is 29.6 Å². The first-order chi connectivity index (χ1) is 10.0. The smallest absolute Gasteiger partial charge is 0.225 e. The highest BCUT2D eigenvalue weighted by atomic mass is 35.5. The summed E-state index contributed by atoms with van der Waals surface area (Å²) < 4.78 is 0. The van der Waals surface area contributed by atoms with Crippen LogP contribution in [0.25, 0.3) is 0 Å². The predicted octanol–water partition coefficient (Wildman–Crippen LogP) is 3.14. The van der Waals surface area contributed by atoms with Gasteiger partial charge in [0.1, 0.15) is 0 Å². The highest BCUT2D eigenvalue weighted by Gasteiger charge is 2.07. The summed E-state index contributed by atoms with van der Waals surface area (Å²) in [6, 6.07) is 4.97. The Bertz CT molecular complexity index is 633. The zero-order chi connectivity index (χ0) is 15.2. The van der Waals surface area contributed by atoms with Crippen LogP contribution in [-0.4, -0.2) is 21.6 Å². The molecule has 0 fully saturated rings. The number of aromatic nitrogens is 2. The number of benzene rings is 1. The summed E-state index contributed by atoms with van der Waals surface area (Å²) in [7, 11) is 0. The van der Waals surface area contributed by atoms with Crippen LogP contribution in [0.4, 0.5) is 11.4 Å². The molecule has 0 bridgehead atoms. The number of anilines is 2. The first-order valence-corrected chi connectivity index (χ1v) is 7.67. The maximum atomic E-state index is 11.9. The molecule has 0 saturated carbocycles. The predicted molar refractivity (Wildman–Crippen MR) is 86.6 cm³/mol. The Balaban J connectivity index is 1.82. The number of aryl methyl sites for hydroxylation is 1. The SMILES string of the molecule is Cc1cnc(SCCC(=O)Nc2cc(Cl)ccc2N)nc1. The second-order valence-corrected chi connectivity index (χ2v) is 5.92. The van der Waals surface area contributed by atoms with Crippen LogP contribution in [0.15, 0.2) is 35.7 Å². The van der Waals surface area contributed by atoms with Crippen LogP contribution < -0.4 is 11.1 Å². The van der Waals surface area contributed by atoms with E-state index in [2.05, 4.69) is 15.3 Å². The third-order valence-electron chi connectivity index (χ3n) is 2.61. The lowest BCUT2D eigenvalue weighted by Crippen LogP contribution is -2.13. The molecule has 7 heteroatoms. The molecule has 1 amide bonds. The first kappa shape index (κ1) is 15.6. The lowest BCUT2D eigenvalue weighted by molar-refractivity contribution is -0.115. The Labute approximate surface area is 132 Å². The number of nitrogens with zero attached hydrogens (tertiary/aromatic N) is 2. The van der Waals surface area contributed by atoms with Crippen molar-refractivity contribution >= 4 is 40.6 Å². The lowest BCUT2D eigenvalue weighted by atomic mass is 10.2. The third-order valence-corrected chi connectivity index (χ3v) is 3.72. The zero-order valence-corrected chi connectivity index (χ0v) is 13.0. The van der Waals surface area contributed by atoms with E-state index in [1.54, 1.807) is 30.6 Å². The van der Waals surface area contributed by atoms with E-state index >= 15 is 0 Å². The van der Waals surface area contributed by atoms with E-state index in [1.165, 1.54) is 11.8 Å². The highest BCUT2D eigenvalue weighted by Crippen LogP contribution is 2.23. The van der Waals surface area contributed by atoms with Crippen molar-refractivity contribution in [2.24, 2.45) is 0 Å². The second kappa shape index (κ2) is 7.28. The Morgan fingerprint density at radius 3 is 2.81 bits per heavy atom. The van der Waals surface area contributed by atoms with Gasteiger partial charge in [0.05, 0.1) is 11.4 Å². The Kier molecular flexibility index (Phi) is 5.41. The van der Waals surface area contributed by atoms with Crippen molar-refractivity contribution in [2.75, 3.05) is 16.8 Å². The van der Waals surface area contributed by atoms with Crippen molar-refractivity contribution in [1.29, 1.82) is 0 Å². The summed E-state index contributed by atoms with van der Waals surface area (Å²) in [4.78, 5) is 20.2. The number of carbonyl (C=O) groups excluding carboxylic acids is 1. The molecule has 0 saturated heterocycles. The molecule has 2 rings (SSSR count). The maximum absolute atomic E-state index is 11.9. The van der Waals surface area contributed by atoms with Crippen LogP contribution in [0.1, 0.15) is 12.0 Å². The van der Waals surface area contributed by atoms with Crippen molar-refractivity contribution in [3.8, 4) is 0 Å². The molecule has 1 heterocycles. The van der Waals surface area contributed by atoms with E-state index < -0.39 is 0 Å². The number of amides is 1. The number of nitrogens with one attached hydrogen (secondary N) is 1. The minimum absolute atomic E-state index is 0.122. The Morgan fingerprint density at radius 1 is 1.38 bits per heavy atom. The number of nitrogen functional groups attached to an aromatic ring is 1. The summed E-state index contributed by atoms with van der Waals surface area (Å²) in [5, 5.41) is 3.94. The van der Waals surface area contributed by atoms with Crippen LogP contribution in [0, 0.1) is 6.92 Å². The molecular weight excluding hydrogens is 308 g/mol. The van der Waals surface area contributed by atoms with Crippen LogP contribution in [0.5, 0.6) is 0 Å². The molecule has 0 spiro atoms. The van der Waals surface area contributed by atoms with E-state index in [4.69, 9.17) is 17.3 Å². The van der Waals surface area contributed by atoms with E-state index in [-0.39, 0.29) is 5.91 Å². The number of halogens is 1. The molecule has 3 N–H and O–H groups in total. The fourth-order valence-electron chi connectivity index (χ4n) is 1.54. The largest absolute Gasteiger partial charge is 0.397 e. The molecule has 0 aliphatic rings. The standard InChI is InChI=1S/C14H15ClN4OS/c1-9-7-17-14(18-8-9)21-5-4-13(20)19-12-6-10(15)2-3-11(12)16/h2-3,6-8H,4-5,16H2,1H3,(H,19,20). The van der Waals surface area contributed by atoms with Gasteiger partial charge in [-0.15, -0.1) is 0 Å². The monoisotopic (exact) mass is 322 g/mol. The van der Waals surface area contributed by atoms with Gasteiger partial charge < -0.3 is 11.1 Å². The number of rotatable bonds is 5. The molecule has 0 unspecified atom stereocenters. The van der Waals surface area contributed by atoms with Crippen molar-refractivity contribution in [2.45, 2.75) is 18.5 Å². The van der Waals surface area contributed by atoms with Gasteiger partial charge in [-0.2, -0.15) is 0 Å². The van der Waals surface area contributed by atoms with Crippen LogP contribution in [-0.2, 0) is 4.79 Å². The average Bonchev–Trinajstić information content (AvgIpc) is 2.45. The van der Waals surface area contributed by atoms with Gasteiger partial charge in [0.15, 0.2) is 5.16 Å². The van der Waals surface area contributed by atoms with Gasteiger partial charge >= 0.3 is 0 Å². The fraction of sp³-hybridized carbons (Fsp3) is 0.214. The Hall–Kier alpha value is -1.79. The number of thioether (sulfide) groups is 1. The van der Waals surface area contributed by atoms with Gasteiger partial charge in [-0.25, -0.2) is 9.97 Å². The maximum Gasteiger partial charge on any atom is 0.225 e. The summed E-state index contributed by atoms with van der Waals surface area (Å²) >= 11 is 7.30. The van der Waals surface area contributed by atoms with Crippen molar-refractivity contribution < 1.29 is 4.79 Å². The zero-order valence-electron chi connectivity index (χ0n) is 11.5. The number of hydrogen-bond acceptors (Lipinski definition) is 5. The number of carbonyl (C=O) groups is 1. The molecule has 5 nitrogen and oxygen atoms in total. The molecule has 110 valence electrons. The average molecular weight is 323 g/mol. The van der Waals surface area contributed by atoms with Crippen molar-refractivity contribution in [3.05, 3.63) is 41.2 Å². The second-order valence-electron chi connectivity index (χ2n) is 4.42. The molecule has 1 aromatic heterocycles. The molecule has 0 radical (unpaired) electrons. The first-order valence-electron chi connectivity index (χ1n) is 6.31. The quantitative estimate of drug-likeness (QED) is 0.502. The van der Waals surface area contributed by atoms with E-state index in [9.17, 15) is 4.79 Å². The summed E-state index contributed by atoms with van der Waals surface area (Å²) in [6.07, 6.45) is 3.85. The van der Waals surface area contributed by atoms with Gasteiger partial charge in [-0.1, -0.05) is 23.4 Å². The summed E-state index contributed by atoms with van der Waals surface area (Å²) in [5.41, 5.74) is 7.80. The van der Waals surface area contributed by atoms with E-state index in [1.807, 2.05) is 6.92 Å². The van der Waals surface area contributed by atoms with Gasteiger partial charge in [0.2, 0.25) is 5.91 Å². The molecule has 1 aromatic carbocycles. The number of nitrogens with two attached hydrogens (primary N) is 1. The van der Waals surface area contributed by atoms with Crippen LogP contribution >= 0.6 is 23.4 Å². The molecule has 21 heavy (non-hydrogen) atoms. The normalized spacial score (nSPS) is 10.4. The summed E-state index contributed by atoms with van der Waals surface area (Å²) in [6.45, 7) is 1.93. The minimum atomic E-state index is -0.122. The highest BCUT2D eigenvalue weighted by molar-refractivity contribution is 7.99. The number of hydrogen-bond donors (Lipinski definition) is 2. The lowest BCUT2D eigenvalue weighted by Gasteiger charge is -2.08. The van der Waals surface area contributed by atoms with E-state index in [0.29, 0.717) is 33.7 Å². The van der Waals surface area contributed by atoms with Crippen LogP contribution in [0.2, 0.25) is 5.02 Å².